The van der Waals surface area contributed by atoms with Crippen molar-refractivity contribution in [3.8, 4) is 11.4 Å². The highest BCUT2D eigenvalue weighted by Gasteiger charge is 2.26. The number of imidazole rings is 1. The first-order chi connectivity index (χ1) is 17.9. The molecule has 0 bridgehead atoms. The molecular weight excluding hydrogens is 546 g/mol. The molecule has 0 amide bonds. The molecule has 5 aromatic carbocycles. The second-order valence-corrected chi connectivity index (χ2v) is 12.0. The lowest BCUT2D eigenvalue weighted by Gasteiger charge is -2.08. The van der Waals surface area contributed by atoms with Gasteiger partial charge in [-0.05, 0) is 60.2 Å². The van der Waals surface area contributed by atoms with Crippen LogP contribution in [0.2, 0.25) is 0 Å². The van der Waals surface area contributed by atoms with Crippen molar-refractivity contribution in [2.24, 2.45) is 0 Å². The van der Waals surface area contributed by atoms with E-state index in [1.807, 2.05) is 49.4 Å². The minimum atomic E-state index is -3.81. The minimum absolute atomic E-state index is 0.252. The number of nitrogens with zero attached hydrogens (tertiary/aromatic N) is 1. The van der Waals surface area contributed by atoms with Crippen molar-refractivity contribution < 1.29 is 13.4 Å². The Bertz CT molecular complexity index is 2050. The summed E-state index contributed by atoms with van der Waals surface area (Å²) in [7, 11) is -3.81. The van der Waals surface area contributed by atoms with Gasteiger partial charge in [0.25, 0.3) is 15.8 Å². The summed E-state index contributed by atoms with van der Waals surface area (Å²) in [6, 6.07) is 29.3. The van der Waals surface area contributed by atoms with Gasteiger partial charge in [0.1, 0.15) is 0 Å². The predicted molar refractivity (Wildman–Crippen MR) is 152 cm³/mol. The third-order valence-corrected chi connectivity index (χ3v) is 9.19. The molecule has 0 spiro atoms. The molecule has 0 saturated heterocycles. The largest absolute Gasteiger partial charge is 0.287 e. The second kappa shape index (κ2) is 8.03. The Morgan fingerprint density at radius 2 is 1.43 bits per heavy atom. The van der Waals surface area contributed by atoms with Crippen LogP contribution in [0.1, 0.15) is 5.56 Å². The fraction of sp³-hybridized carbons (Fsp3) is 0.0333. The van der Waals surface area contributed by atoms with Gasteiger partial charge in [0.2, 0.25) is 0 Å². The van der Waals surface area contributed by atoms with E-state index in [2.05, 4.69) is 62.3 Å². The van der Waals surface area contributed by atoms with Gasteiger partial charge < -0.3 is 0 Å². The van der Waals surface area contributed by atoms with E-state index in [-0.39, 0.29) is 4.90 Å². The second-order valence-electron chi connectivity index (χ2n) is 9.28. The molecule has 0 unspecified atom stereocenters. The SMILES string of the molecule is Cc1ccc(S(=O)(=O)n2cc(-c3[nH]c4c5ccccc5c5ccccc5c4[nH+]3)c3cc(Br)ccc32)cc1. The van der Waals surface area contributed by atoms with Crippen molar-refractivity contribution in [2.75, 3.05) is 0 Å². The smallest absolute Gasteiger partial charge is 0.240 e. The van der Waals surface area contributed by atoms with Crippen molar-refractivity contribution in [2.45, 2.75) is 11.8 Å². The van der Waals surface area contributed by atoms with Gasteiger partial charge in [-0.15, -0.1) is 0 Å². The quantitative estimate of drug-likeness (QED) is 0.229. The average molecular weight is 567 g/mol. The summed E-state index contributed by atoms with van der Waals surface area (Å²) in [4.78, 5) is 7.44. The van der Waals surface area contributed by atoms with Crippen molar-refractivity contribution in [3.63, 3.8) is 0 Å². The zero-order valence-electron chi connectivity index (χ0n) is 19.8. The lowest BCUT2D eigenvalue weighted by Crippen LogP contribution is -2.11. The summed E-state index contributed by atoms with van der Waals surface area (Å²) in [6.45, 7) is 1.94. The third kappa shape index (κ3) is 3.35. The van der Waals surface area contributed by atoms with Gasteiger partial charge in [-0.1, -0.05) is 70.0 Å². The molecule has 7 rings (SSSR count). The average Bonchev–Trinajstić information content (AvgIpc) is 3.52. The molecule has 2 aromatic heterocycles. The van der Waals surface area contributed by atoms with Gasteiger partial charge in [-0.3, -0.25) is 0 Å². The van der Waals surface area contributed by atoms with Gasteiger partial charge in [0.05, 0.1) is 16.0 Å². The molecule has 0 aliphatic heterocycles. The van der Waals surface area contributed by atoms with E-state index < -0.39 is 10.0 Å². The molecule has 7 heteroatoms. The first-order valence-electron chi connectivity index (χ1n) is 11.9. The van der Waals surface area contributed by atoms with Crippen LogP contribution in [0.4, 0.5) is 0 Å². The first kappa shape index (κ1) is 22.3. The third-order valence-electron chi connectivity index (χ3n) is 7.01. The molecule has 2 heterocycles. The predicted octanol–water partition coefficient (Wildman–Crippen LogP) is 7.22. The molecule has 37 heavy (non-hydrogen) atoms. The summed E-state index contributed by atoms with van der Waals surface area (Å²) in [5, 5.41) is 5.37. The van der Waals surface area contributed by atoms with Gasteiger partial charge in [0, 0.05) is 26.8 Å². The molecule has 5 nitrogen and oxygen atoms in total. The van der Waals surface area contributed by atoms with Gasteiger partial charge >= 0.3 is 0 Å². The van der Waals surface area contributed by atoms with Crippen molar-refractivity contribution >= 4 is 69.4 Å². The number of H-pyrrole nitrogens is 2. The topological polar surface area (TPSA) is 69.0 Å². The molecule has 0 atom stereocenters. The summed E-state index contributed by atoms with van der Waals surface area (Å²) in [6.07, 6.45) is 1.71. The van der Waals surface area contributed by atoms with Crippen LogP contribution < -0.4 is 4.98 Å². The number of halogens is 1. The number of aryl methyl sites for hydroxylation is 1. The number of benzene rings is 5. The van der Waals surface area contributed by atoms with Crippen molar-refractivity contribution in [1.82, 2.24) is 8.96 Å². The zero-order chi connectivity index (χ0) is 25.3. The van der Waals surface area contributed by atoms with Crippen molar-refractivity contribution in [3.05, 3.63) is 107 Å². The molecule has 2 N–H and O–H groups in total. The Morgan fingerprint density at radius 3 is 2.16 bits per heavy atom. The summed E-state index contributed by atoms with van der Waals surface area (Å²) in [5.74, 6) is 0.748. The fourth-order valence-electron chi connectivity index (χ4n) is 5.21. The Balaban J connectivity index is 1.54. The summed E-state index contributed by atoms with van der Waals surface area (Å²) >= 11 is 3.57. The summed E-state index contributed by atoms with van der Waals surface area (Å²) < 4.78 is 29.7. The number of hydrogen-bond donors (Lipinski definition) is 1. The lowest BCUT2D eigenvalue weighted by atomic mass is 10.0. The molecule has 0 saturated carbocycles. The zero-order valence-corrected chi connectivity index (χ0v) is 22.2. The number of fused-ring (bicyclic) bond motifs is 7. The van der Waals surface area contributed by atoms with Crippen LogP contribution >= 0.6 is 15.9 Å². The minimum Gasteiger partial charge on any atom is -0.240 e. The van der Waals surface area contributed by atoms with E-state index in [1.54, 1.807) is 18.3 Å². The van der Waals surface area contributed by atoms with Crippen LogP contribution in [-0.4, -0.2) is 17.4 Å². The highest BCUT2D eigenvalue weighted by atomic mass is 79.9. The van der Waals surface area contributed by atoms with Gasteiger partial charge in [-0.25, -0.2) is 22.4 Å². The number of hydrogen-bond acceptors (Lipinski definition) is 2. The van der Waals surface area contributed by atoms with E-state index in [0.717, 1.165) is 48.6 Å². The highest BCUT2D eigenvalue weighted by molar-refractivity contribution is 9.10. The number of aromatic amines is 2. The van der Waals surface area contributed by atoms with E-state index in [0.29, 0.717) is 5.52 Å². The Hall–Kier alpha value is -3.94. The van der Waals surface area contributed by atoms with Crippen LogP contribution in [0.5, 0.6) is 0 Å². The lowest BCUT2D eigenvalue weighted by molar-refractivity contribution is -0.329. The normalized spacial score (nSPS) is 12.3. The molecule has 7 aromatic rings. The molecule has 180 valence electrons. The van der Waals surface area contributed by atoms with Gasteiger partial charge in [0.15, 0.2) is 11.0 Å². The van der Waals surface area contributed by atoms with E-state index in [9.17, 15) is 8.42 Å². The van der Waals surface area contributed by atoms with Crippen LogP contribution in [0.3, 0.4) is 0 Å². The maximum Gasteiger partial charge on any atom is 0.287 e. The first-order valence-corrected chi connectivity index (χ1v) is 14.1. The number of aromatic nitrogens is 3. The van der Waals surface area contributed by atoms with E-state index >= 15 is 0 Å². The standard InChI is InChI=1S/C30H20BrN3O2S/c1-18-10-13-20(14-11-18)37(35,36)34-17-26(25-16-19(31)12-15-27(25)34)30-32-28-23-8-4-2-6-21(23)22-7-3-5-9-24(22)29(28)33-30/h2-17H,1H3,(H,32,33)/p+1. The Kier molecular flexibility index (Phi) is 4.83. The molecule has 0 aliphatic carbocycles. The van der Waals surface area contributed by atoms with E-state index in [4.69, 9.17) is 0 Å². The van der Waals surface area contributed by atoms with Gasteiger partial charge in [-0.2, -0.15) is 0 Å². The maximum absolute atomic E-state index is 13.7. The molecule has 0 aliphatic rings. The Labute approximate surface area is 221 Å². The monoisotopic (exact) mass is 566 g/mol. The summed E-state index contributed by atoms with van der Waals surface area (Å²) in [5.41, 5.74) is 4.37. The molecule has 0 radical (unpaired) electrons. The molecule has 0 fully saturated rings. The number of rotatable bonds is 3. The van der Waals surface area contributed by atoms with Crippen LogP contribution in [0.15, 0.2) is 107 Å². The number of nitrogens with one attached hydrogen (secondary N) is 2. The maximum atomic E-state index is 13.7. The fourth-order valence-corrected chi connectivity index (χ4v) is 6.94. The van der Waals surface area contributed by atoms with E-state index in [1.165, 1.54) is 14.7 Å². The Morgan fingerprint density at radius 1 is 0.784 bits per heavy atom. The van der Waals surface area contributed by atoms with Crippen LogP contribution in [0.25, 0.3) is 54.9 Å². The van der Waals surface area contributed by atoms with Crippen LogP contribution in [0, 0.1) is 6.92 Å². The molecular formula is C30H21BrN3O2S+. The highest BCUT2D eigenvalue weighted by Crippen LogP contribution is 2.37. The van der Waals surface area contributed by atoms with Crippen LogP contribution in [-0.2, 0) is 10.0 Å². The van der Waals surface area contributed by atoms with Crippen molar-refractivity contribution in [1.29, 1.82) is 0 Å².